The minimum atomic E-state index is 0.633. The van der Waals surface area contributed by atoms with Gasteiger partial charge in [0.2, 0.25) is 0 Å². The quantitative estimate of drug-likeness (QED) is 0.752. The number of nitrogens with one attached hydrogen (secondary N) is 1. The molecular formula is C9H14ClN3. The summed E-state index contributed by atoms with van der Waals surface area (Å²) in [5, 5.41) is 8.55. The zero-order chi connectivity index (χ0) is 9.42. The van der Waals surface area contributed by atoms with Gasteiger partial charge in [0.15, 0.2) is 0 Å². The molecule has 0 bridgehead atoms. The van der Waals surface area contributed by atoms with Crippen LogP contribution in [0.4, 0.5) is 5.82 Å². The maximum Gasteiger partial charge on any atom is 0.143 e. The van der Waals surface area contributed by atoms with Crippen LogP contribution in [0.1, 0.15) is 19.5 Å². The minimum Gasteiger partial charge on any atom is -0.369 e. The van der Waals surface area contributed by atoms with Gasteiger partial charge < -0.3 is 5.32 Å². The van der Waals surface area contributed by atoms with Gasteiger partial charge >= 0.3 is 0 Å². The van der Waals surface area contributed by atoms with E-state index in [9.17, 15) is 0 Å². The molecule has 0 spiro atoms. The normalized spacial score (nSPS) is 21.0. The van der Waals surface area contributed by atoms with E-state index in [-0.39, 0.29) is 0 Å². The SMILES string of the molecule is CCc1nn2c(c1Cl)NCC(C)C2. The van der Waals surface area contributed by atoms with Gasteiger partial charge in [0.25, 0.3) is 0 Å². The summed E-state index contributed by atoms with van der Waals surface area (Å²) in [5.74, 6) is 1.63. The Kier molecular flexibility index (Phi) is 2.20. The molecule has 0 saturated heterocycles. The first-order valence-corrected chi connectivity index (χ1v) is 5.09. The fourth-order valence-electron chi connectivity index (χ4n) is 1.65. The molecule has 1 aliphatic heterocycles. The van der Waals surface area contributed by atoms with Crippen molar-refractivity contribution < 1.29 is 0 Å². The molecule has 0 aliphatic carbocycles. The summed E-state index contributed by atoms with van der Waals surface area (Å²) in [4.78, 5) is 0. The topological polar surface area (TPSA) is 29.9 Å². The number of aromatic nitrogens is 2. The smallest absolute Gasteiger partial charge is 0.143 e. The number of hydrogen-bond donors (Lipinski definition) is 1. The lowest BCUT2D eigenvalue weighted by atomic mass is 10.1. The van der Waals surface area contributed by atoms with Crippen LogP contribution in [-0.4, -0.2) is 16.3 Å². The van der Waals surface area contributed by atoms with E-state index in [0.717, 1.165) is 36.0 Å². The number of halogens is 1. The minimum absolute atomic E-state index is 0.633. The highest BCUT2D eigenvalue weighted by molar-refractivity contribution is 6.33. The van der Waals surface area contributed by atoms with Crippen molar-refractivity contribution >= 4 is 17.4 Å². The lowest BCUT2D eigenvalue weighted by Crippen LogP contribution is -2.25. The van der Waals surface area contributed by atoms with Crippen molar-refractivity contribution in [3.05, 3.63) is 10.7 Å². The highest BCUT2D eigenvalue weighted by atomic mass is 35.5. The summed E-state index contributed by atoms with van der Waals surface area (Å²) < 4.78 is 1.98. The van der Waals surface area contributed by atoms with Crippen LogP contribution in [0.25, 0.3) is 0 Å². The van der Waals surface area contributed by atoms with Gasteiger partial charge in [-0.3, -0.25) is 0 Å². The molecule has 1 N–H and O–H groups in total. The number of hydrogen-bond acceptors (Lipinski definition) is 2. The number of anilines is 1. The van der Waals surface area contributed by atoms with Crippen LogP contribution >= 0.6 is 11.6 Å². The summed E-state index contributed by atoms with van der Waals surface area (Å²) in [7, 11) is 0. The summed E-state index contributed by atoms with van der Waals surface area (Å²) in [6.07, 6.45) is 0.898. The molecule has 1 aromatic heterocycles. The molecule has 3 nitrogen and oxygen atoms in total. The van der Waals surface area contributed by atoms with E-state index in [1.54, 1.807) is 0 Å². The zero-order valence-corrected chi connectivity index (χ0v) is 8.73. The molecule has 2 rings (SSSR count). The summed E-state index contributed by atoms with van der Waals surface area (Å²) >= 11 is 6.14. The van der Waals surface area contributed by atoms with Crippen LogP contribution in [0.15, 0.2) is 0 Å². The standard InChI is InChI=1S/C9H14ClN3/c1-3-7-8(10)9-11-4-6(2)5-13(9)12-7/h6,11H,3-5H2,1-2H3. The fraction of sp³-hybridized carbons (Fsp3) is 0.667. The van der Waals surface area contributed by atoms with Crippen LogP contribution in [-0.2, 0) is 13.0 Å². The molecule has 72 valence electrons. The van der Waals surface area contributed by atoms with E-state index in [2.05, 4.69) is 24.3 Å². The van der Waals surface area contributed by atoms with E-state index in [1.165, 1.54) is 0 Å². The van der Waals surface area contributed by atoms with E-state index in [1.807, 2.05) is 4.68 Å². The lowest BCUT2D eigenvalue weighted by molar-refractivity contribution is 0.443. The van der Waals surface area contributed by atoms with Gasteiger partial charge in [-0.05, 0) is 12.3 Å². The Labute approximate surface area is 83.1 Å². The van der Waals surface area contributed by atoms with Crippen LogP contribution in [0.2, 0.25) is 5.02 Å². The molecule has 0 amide bonds. The lowest BCUT2D eigenvalue weighted by Gasteiger charge is -2.21. The van der Waals surface area contributed by atoms with Crippen LogP contribution in [0.3, 0.4) is 0 Å². The average molecular weight is 200 g/mol. The Hall–Kier alpha value is -0.700. The predicted molar refractivity (Wildman–Crippen MR) is 54.3 cm³/mol. The van der Waals surface area contributed by atoms with E-state index in [0.29, 0.717) is 5.92 Å². The fourth-order valence-corrected chi connectivity index (χ4v) is 1.98. The molecule has 13 heavy (non-hydrogen) atoms. The maximum absolute atomic E-state index is 6.14. The molecule has 0 fully saturated rings. The number of fused-ring (bicyclic) bond motifs is 1. The van der Waals surface area contributed by atoms with Crippen molar-refractivity contribution in [2.75, 3.05) is 11.9 Å². The molecule has 1 unspecified atom stereocenters. The summed E-state index contributed by atoms with van der Waals surface area (Å²) in [5.41, 5.74) is 0.998. The number of aryl methyl sites for hydroxylation is 1. The van der Waals surface area contributed by atoms with E-state index < -0.39 is 0 Å². The molecular weight excluding hydrogens is 186 g/mol. The molecule has 0 saturated carbocycles. The third-order valence-corrected chi connectivity index (χ3v) is 2.80. The van der Waals surface area contributed by atoms with E-state index in [4.69, 9.17) is 11.6 Å². The average Bonchev–Trinajstić information content (AvgIpc) is 2.42. The van der Waals surface area contributed by atoms with Gasteiger partial charge in [0, 0.05) is 13.1 Å². The summed E-state index contributed by atoms with van der Waals surface area (Å²) in [6.45, 7) is 6.25. The van der Waals surface area contributed by atoms with Crippen molar-refractivity contribution in [2.24, 2.45) is 5.92 Å². The van der Waals surface area contributed by atoms with E-state index >= 15 is 0 Å². The van der Waals surface area contributed by atoms with Crippen molar-refractivity contribution in [3.8, 4) is 0 Å². The Morgan fingerprint density at radius 2 is 2.46 bits per heavy atom. The first-order valence-electron chi connectivity index (χ1n) is 4.71. The zero-order valence-electron chi connectivity index (χ0n) is 7.97. The van der Waals surface area contributed by atoms with Crippen molar-refractivity contribution in [1.29, 1.82) is 0 Å². The highest BCUT2D eigenvalue weighted by Crippen LogP contribution is 2.29. The van der Waals surface area contributed by atoms with Crippen LogP contribution in [0, 0.1) is 5.92 Å². The highest BCUT2D eigenvalue weighted by Gasteiger charge is 2.20. The Morgan fingerprint density at radius 1 is 1.69 bits per heavy atom. The first kappa shape index (κ1) is 8.88. The second-order valence-corrected chi connectivity index (χ2v) is 4.01. The third-order valence-electron chi connectivity index (χ3n) is 2.40. The second-order valence-electron chi connectivity index (χ2n) is 3.63. The molecule has 4 heteroatoms. The largest absolute Gasteiger partial charge is 0.369 e. The molecule has 0 aromatic carbocycles. The molecule has 2 heterocycles. The maximum atomic E-state index is 6.14. The van der Waals surface area contributed by atoms with Gasteiger partial charge in [-0.1, -0.05) is 25.4 Å². The van der Waals surface area contributed by atoms with Gasteiger partial charge in [0.1, 0.15) is 10.8 Å². The third kappa shape index (κ3) is 1.41. The van der Waals surface area contributed by atoms with Crippen LogP contribution < -0.4 is 5.32 Å². The number of nitrogens with zero attached hydrogens (tertiary/aromatic N) is 2. The van der Waals surface area contributed by atoms with Crippen molar-refractivity contribution in [2.45, 2.75) is 26.8 Å². The Morgan fingerprint density at radius 3 is 3.15 bits per heavy atom. The van der Waals surface area contributed by atoms with Gasteiger partial charge in [-0.15, -0.1) is 0 Å². The molecule has 1 aromatic rings. The van der Waals surface area contributed by atoms with Crippen molar-refractivity contribution in [1.82, 2.24) is 9.78 Å². The predicted octanol–water partition coefficient (Wildman–Crippen LogP) is 2.16. The van der Waals surface area contributed by atoms with Gasteiger partial charge in [0.05, 0.1) is 5.69 Å². The first-order chi connectivity index (χ1) is 6.22. The van der Waals surface area contributed by atoms with Gasteiger partial charge in [-0.2, -0.15) is 5.10 Å². The Bertz CT molecular complexity index is 319. The summed E-state index contributed by atoms with van der Waals surface area (Å²) in [6, 6.07) is 0. The molecule has 1 aliphatic rings. The monoisotopic (exact) mass is 199 g/mol. The Balaban J connectivity index is 2.39. The van der Waals surface area contributed by atoms with Crippen LogP contribution in [0.5, 0.6) is 0 Å². The molecule has 1 atom stereocenters. The molecule has 0 radical (unpaired) electrons. The van der Waals surface area contributed by atoms with Gasteiger partial charge in [-0.25, -0.2) is 4.68 Å². The second kappa shape index (κ2) is 3.22. The van der Waals surface area contributed by atoms with Crippen molar-refractivity contribution in [3.63, 3.8) is 0 Å². The number of rotatable bonds is 1.